The highest BCUT2D eigenvalue weighted by Gasteiger charge is 2.28. The molecule has 18 heavy (non-hydrogen) atoms. The van der Waals surface area contributed by atoms with Crippen molar-refractivity contribution in [3.8, 4) is 5.75 Å². The lowest BCUT2D eigenvalue weighted by Crippen LogP contribution is -2.40. The van der Waals surface area contributed by atoms with Crippen LogP contribution in [0, 0.1) is 5.41 Å². The fourth-order valence-corrected chi connectivity index (χ4v) is 2.64. The first-order valence-electron chi connectivity index (χ1n) is 6.41. The van der Waals surface area contributed by atoms with E-state index in [4.69, 9.17) is 0 Å². The Morgan fingerprint density at radius 2 is 2.28 bits per heavy atom. The molecule has 4 nitrogen and oxygen atoms in total. The molecule has 1 unspecified atom stereocenters. The van der Waals surface area contributed by atoms with Gasteiger partial charge in [0.15, 0.2) is 0 Å². The van der Waals surface area contributed by atoms with E-state index in [1.165, 1.54) is 24.9 Å². The molecule has 1 aliphatic carbocycles. The van der Waals surface area contributed by atoms with E-state index in [2.05, 4.69) is 24.1 Å². The summed E-state index contributed by atoms with van der Waals surface area (Å²) in [6.45, 7) is 4.47. The second-order valence-corrected chi connectivity index (χ2v) is 5.86. The average Bonchev–Trinajstić information content (AvgIpc) is 2.27. The number of nitrogens with zero attached hydrogens (tertiary/aromatic N) is 1. The summed E-state index contributed by atoms with van der Waals surface area (Å²) < 4.78 is 0. The molecule has 1 atom stereocenters. The first-order chi connectivity index (χ1) is 8.46. The smallest absolute Gasteiger partial charge is 0.253 e. The molecule has 1 saturated carbocycles. The van der Waals surface area contributed by atoms with E-state index in [0.29, 0.717) is 11.0 Å². The highest BCUT2D eigenvalue weighted by atomic mass is 16.3. The van der Waals surface area contributed by atoms with Crippen molar-refractivity contribution >= 4 is 5.91 Å². The Hall–Kier alpha value is -1.58. The first kappa shape index (κ1) is 12.9. The summed E-state index contributed by atoms with van der Waals surface area (Å²) in [5.74, 6) is -0.132. The van der Waals surface area contributed by atoms with Crippen LogP contribution in [0.5, 0.6) is 5.75 Å². The Morgan fingerprint density at radius 3 is 2.94 bits per heavy atom. The number of hydrogen-bond acceptors (Lipinski definition) is 3. The van der Waals surface area contributed by atoms with E-state index < -0.39 is 0 Å². The van der Waals surface area contributed by atoms with Crippen molar-refractivity contribution in [2.24, 2.45) is 5.41 Å². The van der Waals surface area contributed by atoms with Gasteiger partial charge in [-0.2, -0.15) is 0 Å². The molecule has 0 radical (unpaired) electrons. The van der Waals surface area contributed by atoms with Crippen LogP contribution >= 0.6 is 0 Å². The highest BCUT2D eigenvalue weighted by molar-refractivity contribution is 5.94. The van der Waals surface area contributed by atoms with E-state index in [9.17, 15) is 9.90 Å². The molecule has 1 aliphatic rings. The summed E-state index contributed by atoms with van der Waals surface area (Å²) >= 11 is 0. The minimum Gasteiger partial charge on any atom is -0.506 e. The second kappa shape index (κ2) is 4.96. The number of carbonyl (C=O) groups is 1. The molecule has 1 aromatic heterocycles. The van der Waals surface area contributed by atoms with Crippen LogP contribution in [0.2, 0.25) is 0 Å². The topological polar surface area (TPSA) is 62.2 Å². The van der Waals surface area contributed by atoms with Crippen molar-refractivity contribution in [3.63, 3.8) is 0 Å². The minimum absolute atomic E-state index is 0.0200. The van der Waals surface area contributed by atoms with E-state index >= 15 is 0 Å². The summed E-state index contributed by atoms with van der Waals surface area (Å²) in [6.07, 6.45) is 7.19. The number of nitrogens with one attached hydrogen (secondary N) is 1. The van der Waals surface area contributed by atoms with Gasteiger partial charge in [-0.25, -0.2) is 0 Å². The average molecular weight is 248 g/mol. The Balaban J connectivity index is 1.99. The number of amides is 1. The molecule has 2 N–H and O–H groups in total. The molecular formula is C14H20N2O2. The molecule has 4 heteroatoms. The minimum atomic E-state index is -0.152. The normalized spacial score (nSPS) is 22.4. The lowest BCUT2D eigenvalue weighted by atomic mass is 9.75. The Kier molecular flexibility index (Phi) is 3.55. The molecular weight excluding hydrogens is 228 g/mol. The van der Waals surface area contributed by atoms with Crippen LogP contribution in [0.4, 0.5) is 0 Å². The van der Waals surface area contributed by atoms with Gasteiger partial charge in [0, 0.05) is 12.2 Å². The lowest BCUT2D eigenvalue weighted by Gasteiger charge is -2.35. The summed E-state index contributed by atoms with van der Waals surface area (Å²) in [4.78, 5) is 15.8. The second-order valence-electron chi connectivity index (χ2n) is 5.86. The number of aromatic hydroxyl groups is 1. The predicted octanol–water partition coefficient (Wildman–Crippen LogP) is 2.49. The number of hydrogen-bond donors (Lipinski definition) is 2. The van der Waals surface area contributed by atoms with Gasteiger partial charge in [-0.3, -0.25) is 9.78 Å². The van der Waals surface area contributed by atoms with Crippen molar-refractivity contribution in [2.45, 2.75) is 45.6 Å². The summed E-state index contributed by atoms with van der Waals surface area (Å²) in [6, 6.07) is 1.67. The molecule has 0 bridgehead atoms. The van der Waals surface area contributed by atoms with Crippen LogP contribution in [-0.4, -0.2) is 22.0 Å². The highest BCUT2D eigenvalue weighted by Crippen LogP contribution is 2.35. The van der Waals surface area contributed by atoms with Gasteiger partial charge in [0.1, 0.15) is 5.75 Å². The Labute approximate surface area is 107 Å². The van der Waals surface area contributed by atoms with E-state index in [1.54, 1.807) is 0 Å². The standard InChI is InChI=1S/C14H20N2O2/c1-14(2)5-3-4-11(7-14)16-13(18)10-6-12(17)9-15-8-10/h6,8-9,11,17H,3-5,7H2,1-2H3,(H,16,18). The molecule has 1 aromatic rings. The molecule has 2 rings (SSSR count). The predicted molar refractivity (Wildman–Crippen MR) is 69.4 cm³/mol. The first-order valence-corrected chi connectivity index (χ1v) is 6.41. The number of pyridine rings is 1. The van der Waals surface area contributed by atoms with Crippen LogP contribution in [0.1, 0.15) is 49.9 Å². The summed E-state index contributed by atoms with van der Waals surface area (Å²) in [5.41, 5.74) is 0.714. The van der Waals surface area contributed by atoms with Crippen molar-refractivity contribution < 1.29 is 9.90 Å². The summed E-state index contributed by atoms with van der Waals surface area (Å²) in [7, 11) is 0. The third-order valence-electron chi connectivity index (χ3n) is 3.53. The maximum Gasteiger partial charge on any atom is 0.253 e. The van der Waals surface area contributed by atoms with Gasteiger partial charge >= 0.3 is 0 Å². The zero-order chi connectivity index (χ0) is 13.2. The van der Waals surface area contributed by atoms with Crippen LogP contribution in [0.25, 0.3) is 0 Å². The maximum atomic E-state index is 12.0. The van der Waals surface area contributed by atoms with Crippen LogP contribution in [0.3, 0.4) is 0 Å². The maximum absolute atomic E-state index is 12.0. The van der Waals surface area contributed by atoms with Gasteiger partial charge in [-0.15, -0.1) is 0 Å². The molecule has 98 valence electrons. The molecule has 0 aliphatic heterocycles. The fourth-order valence-electron chi connectivity index (χ4n) is 2.64. The molecule has 1 heterocycles. The van der Waals surface area contributed by atoms with E-state index in [1.807, 2.05) is 0 Å². The zero-order valence-corrected chi connectivity index (χ0v) is 10.9. The van der Waals surface area contributed by atoms with Crippen LogP contribution in [-0.2, 0) is 0 Å². The van der Waals surface area contributed by atoms with Gasteiger partial charge in [0.2, 0.25) is 0 Å². The fraction of sp³-hybridized carbons (Fsp3) is 0.571. The van der Waals surface area contributed by atoms with Gasteiger partial charge < -0.3 is 10.4 Å². The number of aromatic nitrogens is 1. The number of rotatable bonds is 2. The lowest BCUT2D eigenvalue weighted by molar-refractivity contribution is 0.0902. The zero-order valence-electron chi connectivity index (χ0n) is 10.9. The Morgan fingerprint density at radius 1 is 1.50 bits per heavy atom. The van der Waals surface area contributed by atoms with E-state index in [-0.39, 0.29) is 17.7 Å². The molecule has 0 spiro atoms. The quantitative estimate of drug-likeness (QED) is 0.845. The molecule has 1 amide bonds. The monoisotopic (exact) mass is 248 g/mol. The van der Waals surface area contributed by atoms with Gasteiger partial charge in [0.05, 0.1) is 11.8 Å². The van der Waals surface area contributed by atoms with Crippen LogP contribution in [0.15, 0.2) is 18.5 Å². The SMILES string of the molecule is CC1(C)CCCC(NC(=O)c2cncc(O)c2)C1. The largest absolute Gasteiger partial charge is 0.506 e. The van der Waals surface area contributed by atoms with Crippen molar-refractivity contribution in [2.75, 3.05) is 0 Å². The van der Waals surface area contributed by atoms with Gasteiger partial charge in [0.25, 0.3) is 5.91 Å². The van der Waals surface area contributed by atoms with Crippen molar-refractivity contribution in [3.05, 3.63) is 24.0 Å². The van der Waals surface area contributed by atoms with Crippen molar-refractivity contribution in [1.29, 1.82) is 0 Å². The molecule has 1 fully saturated rings. The Bertz CT molecular complexity index is 443. The van der Waals surface area contributed by atoms with Crippen LogP contribution < -0.4 is 5.32 Å². The third-order valence-corrected chi connectivity index (χ3v) is 3.53. The molecule has 0 saturated heterocycles. The summed E-state index contributed by atoms with van der Waals surface area (Å²) in [5, 5.41) is 12.3. The van der Waals surface area contributed by atoms with Gasteiger partial charge in [-0.05, 0) is 30.7 Å². The van der Waals surface area contributed by atoms with E-state index in [0.717, 1.165) is 19.3 Å². The van der Waals surface area contributed by atoms with Crippen molar-refractivity contribution in [1.82, 2.24) is 10.3 Å². The van der Waals surface area contributed by atoms with Gasteiger partial charge in [-0.1, -0.05) is 20.3 Å². The third kappa shape index (κ3) is 3.22. The molecule has 0 aromatic carbocycles. The number of carbonyl (C=O) groups excluding carboxylic acids is 1.